The van der Waals surface area contributed by atoms with Gasteiger partial charge in [0.25, 0.3) is 0 Å². The summed E-state index contributed by atoms with van der Waals surface area (Å²) in [5, 5.41) is 1.99. The van der Waals surface area contributed by atoms with Crippen molar-refractivity contribution in [3.8, 4) is 0 Å². The predicted octanol–water partition coefficient (Wildman–Crippen LogP) is 2.59. The van der Waals surface area contributed by atoms with Crippen LogP contribution >= 0.6 is 11.3 Å². The van der Waals surface area contributed by atoms with Crippen LogP contribution < -0.4 is 0 Å². The second-order valence-electron chi connectivity index (χ2n) is 8.55. The Kier molecular flexibility index (Phi) is 7.78. The maximum Gasteiger partial charge on any atom is 0.237 e. The molecule has 0 N–H and O–H groups in total. The molecule has 2 aliphatic heterocycles. The Labute approximate surface area is 195 Å². The molecular weight excluding hydrogens is 442 g/mol. The summed E-state index contributed by atoms with van der Waals surface area (Å²) in [5.41, 5.74) is 1.21. The number of rotatable bonds is 8. The minimum Gasteiger partial charge on any atom is -0.332 e. The molecule has 1 aromatic heterocycles. The minimum atomic E-state index is -3.04. The van der Waals surface area contributed by atoms with Gasteiger partial charge in [0.1, 0.15) is 0 Å². The number of sulfone groups is 1. The molecule has 1 amide bonds. The van der Waals surface area contributed by atoms with Crippen LogP contribution in [0.3, 0.4) is 0 Å². The van der Waals surface area contributed by atoms with Crippen molar-refractivity contribution in [2.75, 3.05) is 50.8 Å². The number of carbonyl (C=O) groups is 1. The first kappa shape index (κ1) is 23.2. The molecule has 3 heterocycles. The van der Waals surface area contributed by atoms with Crippen LogP contribution in [0.1, 0.15) is 16.9 Å². The summed E-state index contributed by atoms with van der Waals surface area (Å²) in [6.45, 7) is 5.31. The SMILES string of the molecule is O=C(CN1CCN(C/C=C/c2ccccc2)CC1)N(Cc1cccs1)[C@H]1CCS(=O)(=O)C1. The van der Waals surface area contributed by atoms with Crippen LogP contribution in [0.4, 0.5) is 0 Å². The molecule has 0 aliphatic carbocycles. The maximum absolute atomic E-state index is 13.2. The van der Waals surface area contributed by atoms with Gasteiger partial charge in [0.15, 0.2) is 9.84 Å². The molecule has 32 heavy (non-hydrogen) atoms. The number of nitrogens with zero attached hydrogens (tertiary/aromatic N) is 3. The van der Waals surface area contributed by atoms with Gasteiger partial charge in [-0.25, -0.2) is 8.42 Å². The van der Waals surface area contributed by atoms with Gasteiger partial charge in [-0.05, 0) is 23.4 Å². The molecular formula is C24H31N3O3S2. The molecule has 2 fully saturated rings. The van der Waals surface area contributed by atoms with E-state index in [0.717, 1.165) is 37.6 Å². The Morgan fingerprint density at radius 2 is 1.81 bits per heavy atom. The van der Waals surface area contributed by atoms with Crippen LogP contribution in [0.2, 0.25) is 0 Å². The summed E-state index contributed by atoms with van der Waals surface area (Å²) in [7, 11) is -3.04. The van der Waals surface area contributed by atoms with Crippen molar-refractivity contribution in [1.29, 1.82) is 0 Å². The largest absolute Gasteiger partial charge is 0.332 e. The summed E-state index contributed by atoms with van der Waals surface area (Å²) in [6.07, 6.45) is 4.88. The van der Waals surface area contributed by atoms with Gasteiger partial charge < -0.3 is 4.90 Å². The summed E-state index contributed by atoms with van der Waals surface area (Å²) in [5.74, 6) is 0.310. The molecule has 0 unspecified atom stereocenters. The number of hydrogen-bond donors (Lipinski definition) is 0. The van der Waals surface area contributed by atoms with E-state index < -0.39 is 9.84 Å². The Balaban J connectivity index is 1.28. The van der Waals surface area contributed by atoms with E-state index in [1.165, 1.54) is 5.56 Å². The molecule has 0 spiro atoms. The zero-order valence-electron chi connectivity index (χ0n) is 18.3. The van der Waals surface area contributed by atoms with Crippen LogP contribution in [0.15, 0.2) is 53.9 Å². The lowest BCUT2D eigenvalue weighted by atomic mass is 10.2. The molecule has 6 nitrogen and oxygen atoms in total. The highest BCUT2D eigenvalue weighted by atomic mass is 32.2. The molecule has 0 saturated carbocycles. The van der Waals surface area contributed by atoms with E-state index in [1.54, 1.807) is 11.3 Å². The van der Waals surface area contributed by atoms with Crippen LogP contribution in [-0.4, -0.2) is 85.8 Å². The third-order valence-electron chi connectivity index (χ3n) is 6.17. The van der Waals surface area contributed by atoms with Crippen LogP contribution in [-0.2, 0) is 21.2 Å². The summed E-state index contributed by atoms with van der Waals surface area (Å²) in [6, 6.07) is 14.1. The first-order valence-electron chi connectivity index (χ1n) is 11.2. The van der Waals surface area contributed by atoms with Gasteiger partial charge >= 0.3 is 0 Å². The number of piperazine rings is 1. The highest BCUT2D eigenvalue weighted by Gasteiger charge is 2.35. The van der Waals surface area contributed by atoms with Crippen molar-refractivity contribution >= 4 is 33.2 Å². The fourth-order valence-electron chi connectivity index (χ4n) is 4.33. The zero-order chi connectivity index (χ0) is 22.4. The second kappa shape index (κ2) is 10.7. The normalized spacial score (nSPS) is 21.8. The number of benzene rings is 1. The minimum absolute atomic E-state index is 0.0397. The average molecular weight is 474 g/mol. The van der Waals surface area contributed by atoms with Gasteiger partial charge in [-0.15, -0.1) is 11.3 Å². The fraction of sp³-hybridized carbons (Fsp3) is 0.458. The van der Waals surface area contributed by atoms with Crippen molar-refractivity contribution in [1.82, 2.24) is 14.7 Å². The van der Waals surface area contributed by atoms with Gasteiger partial charge in [-0.1, -0.05) is 48.6 Å². The highest BCUT2D eigenvalue weighted by molar-refractivity contribution is 7.91. The number of thiophene rings is 1. The Hall–Kier alpha value is -2.00. The Morgan fingerprint density at radius 1 is 1.06 bits per heavy atom. The fourth-order valence-corrected chi connectivity index (χ4v) is 6.76. The van der Waals surface area contributed by atoms with E-state index in [1.807, 2.05) is 40.6 Å². The lowest BCUT2D eigenvalue weighted by molar-refractivity contribution is -0.135. The van der Waals surface area contributed by atoms with Crippen molar-refractivity contribution < 1.29 is 13.2 Å². The van der Waals surface area contributed by atoms with E-state index in [0.29, 0.717) is 19.5 Å². The number of carbonyl (C=O) groups excluding carboxylic acids is 1. The molecule has 0 bridgehead atoms. The summed E-state index contributed by atoms with van der Waals surface area (Å²) >= 11 is 1.61. The maximum atomic E-state index is 13.2. The monoisotopic (exact) mass is 473 g/mol. The molecule has 1 atom stereocenters. The van der Waals surface area contributed by atoms with Crippen molar-refractivity contribution in [3.05, 3.63) is 64.4 Å². The molecule has 2 saturated heterocycles. The zero-order valence-corrected chi connectivity index (χ0v) is 19.9. The first-order chi connectivity index (χ1) is 15.5. The van der Waals surface area contributed by atoms with E-state index in [4.69, 9.17) is 0 Å². The molecule has 2 aliphatic rings. The number of amides is 1. The smallest absolute Gasteiger partial charge is 0.237 e. The van der Waals surface area contributed by atoms with Crippen LogP contribution in [0.25, 0.3) is 6.08 Å². The standard InChI is InChI=1S/C24H31N3O3S2/c28-24(27(18-23-9-5-16-31-23)22-10-17-32(29,30)20-22)19-26-14-12-25(13-15-26)11-4-8-21-6-2-1-3-7-21/h1-9,16,22H,10-15,17-20H2/b8-4+/t22-/m0/s1. The lowest BCUT2D eigenvalue weighted by Gasteiger charge is -2.36. The first-order valence-corrected chi connectivity index (χ1v) is 13.9. The van der Waals surface area contributed by atoms with Gasteiger partial charge in [-0.2, -0.15) is 0 Å². The molecule has 0 radical (unpaired) electrons. The van der Waals surface area contributed by atoms with Crippen LogP contribution in [0.5, 0.6) is 0 Å². The van der Waals surface area contributed by atoms with E-state index in [-0.39, 0.29) is 23.5 Å². The Bertz CT molecular complexity index is 998. The Morgan fingerprint density at radius 3 is 2.47 bits per heavy atom. The molecule has 4 rings (SSSR count). The molecule has 1 aromatic carbocycles. The van der Waals surface area contributed by atoms with Gasteiger partial charge in [-0.3, -0.25) is 14.6 Å². The van der Waals surface area contributed by atoms with E-state index >= 15 is 0 Å². The molecule has 8 heteroatoms. The van der Waals surface area contributed by atoms with Gasteiger partial charge in [0.2, 0.25) is 5.91 Å². The highest BCUT2D eigenvalue weighted by Crippen LogP contribution is 2.22. The predicted molar refractivity (Wildman–Crippen MR) is 130 cm³/mol. The van der Waals surface area contributed by atoms with Crippen molar-refractivity contribution in [2.24, 2.45) is 0 Å². The average Bonchev–Trinajstić information content (AvgIpc) is 3.43. The quantitative estimate of drug-likeness (QED) is 0.590. The topological polar surface area (TPSA) is 60.9 Å². The molecule has 172 valence electrons. The number of hydrogen-bond acceptors (Lipinski definition) is 6. The lowest BCUT2D eigenvalue weighted by Crippen LogP contribution is -2.51. The van der Waals surface area contributed by atoms with Crippen molar-refractivity contribution in [2.45, 2.75) is 19.0 Å². The van der Waals surface area contributed by atoms with E-state index in [2.05, 4.69) is 34.1 Å². The third-order valence-corrected chi connectivity index (χ3v) is 8.78. The van der Waals surface area contributed by atoms with Crippen molar-refractivity contribution in [3.63, 3.8) is 0 Å². The third kappa shape index (κ3) is 6.51. The van der Waals surface area contributed by atoms with E-state index in [9.17, 15) is 13.2 Å². The van der Waals surface area contributed by atoms with Gasteiger partial charge in [0, 0.05) is 43.6 Å². The summed E-state index contributed by atoms with van der Waals surface area (Å²) < 4.78 is 24.0. The second-order valence-corrected chi connectivity index (χ2v) is 11.8. The summed E-state index contributed by atoms with van der Waals surface area (Å²) in [4.78, 5) is 20.7. The van der Waals surface area contributed by atoms with Gasteiger partial charge in [0.05, 0.1) is 24.6 Å². The molecule has 2 aromatic rings. The van der Waals surface area contributed by atoms with Crippen LogP contribution in [0, 0.1) is 0 Å².